The van der Waals surface area contributed by atoms with Crippen molar-refractivity contribution in [3.63, 3.8) is 0 Å². The van der Waals surface area contributed by atoms with Crippen molar-refractivity contribution < 1.29 is 68.7 Å². The van der Waals surface area contributed by atoms with Crippen LogP contribution < -0.4 is 0 Å². The van der Waals surface area contributed by atoms with Crippen LogP contribution in [-0.4, -0.2) is 0 Å². The van der Waals surface area contributed by atoms with Crippen LogP contribution in [0.25, 0.3) is 0 Å². The van der Waals surface area contributed by atoms with E-state index < -0.39 is 15.6 Å². The van der Waals surface area contributed by atoms with E-state index >= 15 is 0 Å². The van der Waals surface area contributed by atoms with Gasteiger partial charge in [0, 0.05) is 0 Å². The maximum absolute atomic E-state index is 10.7. The molecule has 25 heavy (non-hydrogen) atoms. The van der Waals surface area contributed by atoms with Crippen molar-refractivity contribution in [2.75, 3.05) is 0 Å². The Kier molecular flexibility index (Phi) is 6.09. The molecule has 0 saturated heterocycles. The second-order valence-corrected chi connectivity index (χ2v) is 11.0. The van der Waals surface area contributed by atoms with Crippen molar-refractivity contribution >= 4 is 15.6 Å². The SMILES string of the molecule is CC1=C(C)[C](C)([Ru+2])C(C)=C1C.F[P-](F)(F)(F)(F)F.F[P-](F)(F)(F)(F)F. The number of halogens is 12. The van der Waals surface area contributed by atoms with Crippen molar-refractivity contribution in [1.29, 1.82) is 0 Å². The summed E-state index contributed by atoms with van der Waals surface area (Å²) in [6, 6.07) is 0. The Morgan fingerprint density at radius 1 is 0.560 bits per heavy atom. The summed E-state index contributed by atoms with van der Waals surface area (Å²) in [6.45, 7) is 11.2. The monoisotopic (exact) mass is 527 g/mol. The average molecular weight is 526 g/mol. The van der Waals surface area contributed by atoms with Gasteiger partial charge in [-0.15, -0.1) is 0 Å². The van der Waals surface area contributed by atoms with Gasteiger partial charge in [-0.1, -0.05) is 0 Å². The van der Waals surface area contributed by atoms with Gasteiger partial charge < -0.3 is 0 Å². The van der Waals surface area contributed by atoms with Gasteiger partial charge in [0.1, 0.15) is 0 Å². The van der Waals surface area contributed by atoms with Gasteiger partial charge >= 0.3 is 145 Å². The zero-order valence-electron chi connectivity index (χ0n) is 13.3. The molecule has 0 heterocycles. The number of rotatable bonds is 0. The minimum atomic E-state index is -10.7. The molecule has 1 rings (SSSR count). The van der Waals surface area contributed by atoms with Crippen molar-refractivity contribution in [3.8, 4) is 0 Å². The summed E-state index contributed by atoms with van der Waals surface area (Å²) >= 11 is 2.84. The Bertz CT molecular complexity index is 524. The van der Waals surface area contributed by atoms with Gasteiger partial charge in [-0.25, -0.2) is 0 Å². The molecule has 0 atom stereocenters. The number of allylic oxidation sites excluding steroid dienone is 4. The molecule has 157 valence electrons. The molecule has 0 aliphatic heterocycles. The quantitative estimate of drug-likeness (QED) is 0.167. The van der Waals surface area contributed by atoms with Gasteiger partial charge in [-0.3, -0.25) is 0 Å². The molecule has 0 N–H and O–H groups in total. The average Bonchev–Trinajstić information content (AvgIpc) is 2.25. The molecule has 15 heteroatoms. The molecule has 0 amide bonds. The standard InChI is InChI=1S/C10H15.2F6P.Ru/c1-6-7(2)9(4)10(5)8(6)3;2*1-7(2,3,4,5)6;/h1-5H3;;;/q;2*-1;+2. The van der Waals surface area contributed by atoms with Crippen LogP contribution in [0.3, 0.4) is 0 Å². The normalized spacial score (nSPS) is 23.2. The maximum atomic E-state index is 9.87. The fourth-order valence-corrected chi connectivity index (χ4v) is 2.19. The van der Waals surface area contributed by atoms with E-state index in [2.05, 4.69) is 52.9 Å². The number of hydrogen-bond donors (Lipinski definition) is 0. The molecular weight excluding hydrogens is 511 g/mol. The Labute approximate surface area is 145 Å². The summed E-state index contributed by atoms with van der Waals surface area (Å²) in [5.41, 5.74) is 5.96. The molecule has 1 aliphatic rings. The molecule has 0 aromatic heterocycles. The molecule has 0 fully saturated rings. The molecule has 0 saturated carbocycles. The van der Waals surface area contributed by atoms with Crippen molar-refractivity contribution in [1.82, 2.24) is 0 Å². The number of hydrogen-bond acceptors (Lipinski definition) is 0. The first-order chi connectivity index (χ1) is 9.79. The molecule has 0 aromatic carbocycles. The second kappa shape index (κ2) is 5.57. The summed E-state index contributed by atoms with van der Waals surface area (Å²) in [5, 5.41) is 0. The van der Waals surface area contributed by atoms with Crippen LogP contribution in [0, 0.1) is 0 Å². The Hall–Kier alpha value is 0.123. The summed E-state index contributed by atoms with van der Waals surface area (Å²) in [4.78, 5) is 0. The van der Waals surface area contributed by atoms with Crippen LogP contribution in [0.5, 0.6) is 0 Å². The molecule has 1 aliphatic carbocycles. The molecule has 0 spiro atoms. The molecule has 0 aromatic rings. The van der Waals surface area contributed by atoms with Crippen LogP contribution >= 0.6 is 15.6 Å². The fourth-order valence-electron chi connectivity index (χ4n) is 1.54. The Morgan fingerprint density at radius 2 is 0.680 bits per heavy atom. The van der Waals surface area contributed by atoms with Crippen LogP contribution in [-0.2, 0) is 18.3 Å². The zero-order chi connectivity index (χ0) is 21.6. The third-order valence-electron chi connectivity index (χ3n) is 3.08. The van der Waals surface area contributed by atoms with Gasteiger partial charge in [-0.2, -0.15) is 0 Å². The first-order valence-corrected chi connectivity index (χ1v) is 10.9. The van der Waals surface area contributed by atoms with Crippen molar-refractivity contribution in [2.24, 2.45) is 0 Å². The van der Waals surface area contributed by atoms with E-state index in [9.17, 15) is 50.4 Å². The van der Waals surface area contributed by atoms with Gasteiger partial charge in [0.05, 0.1) is 0 Å². The summed E-state index contributed by atoms with van der Waals surface area (Å²) < 4.78 is 119. The fraction of sp³-hybridized carbons (Fsp3) is 0.600. The van der Waals surface area contributed by atoms with E-state index in [0.29, 0.717) is 0 Å². The summed E-state index contributed by atoms with van der Waals surface area (Å²) in [7, 11) is -21.3. The van der Waals surface area contributed by atoms with E-state index in [1.807, 2.05) is 0 Å². The van der Waals surface area contributed by atoms with Crippen LogP contribution in [0.1, 0.15) is 34.6 Å². The molecule has 0 unspecified atom stereocenters. The molecular formula is C10H15F12P2Ru. The van der Waals surface area contributed by atoms with Crippen molar-refractivity contribution in [3.05, 3.63) is 22.3 Å². The van der Waals surface area contributed by atoms with Crippen molar-refractivity contribution in [2.45, 2.75) is 38.6 Å². The van der Waals surface area contributed by atoms with E-state index in [1.54, 1.807) is 0 Å². The second-order valence-electron chi connectivity index (χ2n) is 5.40. The van der Waals surface area contributed by atoms with Gasteiger partial charge in [0.25, 0.3) is 0 Å². The van der Waals surface area contributed by atoms with Gasteiger partial charge in [-0.05, 0) is 0 Å². The van der Waals surface area contributed by atoms with E-state index in [-0.39, 0.29) is 4.01 Å². The topological polar surface area (TPSA) is 0 Å². The predicted molar refractivity (Wildman–Crippen MR) is 72.3 cm³/mol. The third kappa shape index (κ3) is 20.3. The molecule has 0 radical (unpaired) electrons. The molecule has 0 bridgehead atoms. The van der Waals surface area contributed by atoms with Gasteiger partial charge in [0.15, 0.2) is 0 Å². The Morgan fingerprint density at radius 3 is 0.720 bits per heavy atom. The van der Waals surface area contributed by atoms with Crippen LogP contribution in [0.4, 0.5) is 50.4 Å². The summed E-state index contributed by atoms with van der Waals surface area (Å²) in [5.74, 6) is 0. The van der Waals surface area contributed by atoms with E-state index in [4.69, 9.17) is 0 Å². The van der Waals surface area contributed by atoms with E-state index in [0.717, 1.165) is 0 Å². The predicted octanol–water partition coefficient (Wildman–Crippen LogP) is 10.2. The minimum absolute atomic E-state index is 0.244. The molecule has 0 nitrogen and oxygen atoms in total. The van der Waals surface area contributed by atoms with Crippen LogP contribution in [0.15, 0.2) is 22.3 Å². The Balaban J connectivity index is 0. The van der Waals surface area contributed by atoms with Crippen LogP contribution in [0.2, 0.25) is 4.01 Å². The summed E-state index contributed by atoms with van der Waals surface area (Å²) in [6.07, 6.45) is 0. The first-order valence-electron chi connectivity index (χ1n) is 5.96. The van der Waals surface area contributed by atoms with Gasteiger partial charge in [0.2, 0.25) is 0 Å². The van der Waals surface area contributed by atoms with E-state index in [1.165, 1.54) is 22.3 Å². The zero-order valence-corrected chi connectivity index (χ0v) is 16.8. The third-order valence-corrected chi connectivity index (χ3v) is 4.38. The first kappa shape index (κ1) is 27.3.